The van der Waals surface area contributed by atoms with E-state index < -0.39 is 17.6 Å². The number of hydrogen-bond acceptors (Lipinski definition) is 4. The number of ether oxygens (including phenoxy) is 1. The van der Waals surface area contributed by atoms with Gasteiger partial charge in [0.05, 0.1) is 6.42 Å². The highest BCUT2D eigenvalue weighted by molar-refractivity contribution is 5.88. The van der Waals surface area contributed by atoms with E-state index in [0.717, 1.165) is 11.1 Å². The first-order valence-corrected chi connectivity index (χ1v) is 9.97. The highest BCUT2D eigenvalue weighted by Crippen LogP contribution is 2.20. The van der Waals surface area contributed by atoms with Crippen molar-refractivity contribution < 1.29 is 19.1 Å². The van der Waals surface area contributed by atoms with Crippen LogP contribution in [-0.2, 0) is 32.1 Å². The molecular weight excluding hydrogens is 380 g/mol. The number of nitrogens with one attached hydrogen (secondary N) is 1. The molecule has 0 aliphatic carbocycles. The maximum atomic E-state index is 13.0. The zero-order valence-corrected chi connectivity index (χ0v) is 18.3. The van der Waals surface area contributed by atoms with Gasteiger partial charge in [-0.3, -0.25) is 14.4 Å². The molecule has 2 rings (SSSR count). The summed E-state index contributed by atoms with van der Waals surface area (Å²) in [6.45, 7) is 9.35. The number of carbonyl (C=O) groups is 3. The number of amides is 2. The van der Waals surface area contributed by atoms with E-state index in [1.165, 1.54) is 6.92 Å². The first kappa shape index (κ1) is 23.1. The molecule has 2 aromatic carbocycles. The number of carbonyl (C=O) groups excluding carboxylic acids is 3. The Balaban J connectivity index is 1.99. The molecule has 2 aromatic rings. The molecule has 1 atom stereocenters. The van der Waals surface area contributed by atoms with Gasteiger partial charge in [-0.05, 0) is 51.0 Å². The van der Waals surface area contributed by atoms with Crippen LogP contribution in [0.15, 0.2) is 54.6 Å². The van der Waals surface area contributed by atoms with Gasteiger partial charge in [-0.15, -0.1) is 0 Å². The van der Waals surface area contributed by atoms with Crippen molar-refractivity contribution in [2.24, 2.45) is 0 Å². The van der Waals surface area contributed by atoms with Gasteiger partial charge < -0.3 is 15.0 Å². The van der Waals surface area contributed by atoms with Crippen LogP contribution in [0.1, 0.15) is 45.7 Å². The Bertz CT molecular complexity index is 870. The lowest BCUT2D eigenvalue weighted by molar-refractivity contribution is -0.161. The molecule has 160 valence electrons. The number of anilines is 1. The third kappa shape index (κ3) is 7.03. The molecule has 0 unspecified atom stereocenters. The topological polar surface area (TPSA) is 75.7 Å². The van der Waals surface area contributed by atoms with Gasteiger partial charge in [0.2, 0.25) is 5.91 Å². The molecule has 0 aliphatic heterocycles. The van der Waals surface area contributed by atoms with Gasteiger partial charge in [0, 0.05) is 24.7 Å². The van der Waals surface area contributed by atoms with Crippen LogP contribution < -0.4 is 5.32 Å². The molecule has 0 heterocycles. The molecule has 6 nitrogen and oxygen atoms in total. The molecule has 0 bridgehead atoms. The van der Waals surface area contributed by atoms with Gasteiger partial charge in [0.1, 0.15) is 0 Å². The van der Waals surface area contributed by atoms with Crippen molar-refractivity contribution in [3.05, 3.63) is 65.7 Å². The maximum Gasteiger partial charge on any atom is 0.311 e. The Morgan fingerprint density at radius 3 is 2.10 bits per heavy atom. The van der Waals surface area contributed by atoms with E-state index in [0.29, 0.717) is 12.2 Å². The lowest BCUT2D eigenvalue weighted by Crippen LogP contribution is -2.49. The number of rotatable bonds is 7. The van der Waals surface area contributed by atoms with Gasteiger partial charge in [-0.1, -0.05) is 42.5 Å². The van der Waals surface area contributed by atoms with Crippen LogP contribution in [0.4, 0.5) is 5.69 Å². The summed E-state index contributed by atoms with van der Waals surface area (Å²) in [5.41, 5.74) is 1.99. The summed E-state index contributed by atoms with van der Waals surface area (Å²) in [7, 11) is 0. The Morgan fingerprint density at radius 2 is 1.57 bits per heavy atom. The number of nitrogens with zero attached hydrogens (tertiary/aromatic N) is 1. The van der Waals surface area contributed by atoms with E-state index in [4.69, 9.17) is 4.74 Å². The van der Waals surface area contributed by atoms with Crippen LogP contribution in [0, 0.1) is 0 Å². The molecule has 0 saturated heterocycles. The lowest BCUT2D eigenvalue weighted by atomic mass is 10.0. The zero-order valence-electron chi connectivity index (χ0n) is 18.3. The van der Waals surface area contributed by atoms with Gasteiger partial charge in [-0.25, -0.2) is 0 Å². The number of hydrogen-bond donors (Lipinski definition) is 1. The minimum Gasteiger partial charge on any atom is -0.452 e. The highest BCUT2D eigenvalue weighted by atomic mass is 16.5. The summed E-state index contributed by atoms with van der Waals surface area (Å²) in [4.78, 5) is 38.2. The molecule has 0 aromatic heterocycles. The van der Waals surface area contributed by atoms with Crippen LogP contribution in [0.2, 0.25) is 0 Å². The second kappa shape index (κ2) is 10.1. The molecule has 30 heavy (non-hydrogen) atoms. The molecule has 0 radical (unpaired) electrons. The van der Waals surface area contributed by atoms with Crippen LogP contribution >= 0.6 is 0 Å². The van der Waals surface area contributed by atoms with Crippen LogP contribution in [0.25, 0.3) is 0 Å². The molecular formula is C24H30N2O4. The zero-order chi connectivity index (χ0) is 22.3. The molecule has 2 amide bonds. The normalized spacial score (nSPS) is 12.0. The average molecular weight is 411 g/mol. The molecule has 6 heteroatoms. The summed E-state index contributed by atoms with van der Waals surface area (Å²) >= 11 is 0. The van der Waals surface area contributed by atoms with Crippen molar-refractivity contribution in [1.29, 1.82) is 0 Å². The minimum absolute atomic E-state index is 0.0478. The second-order valence-electron chi connectivity index (χ2n) is 8.27. The summed E-state index contributed by atoms with van der Waals surface area (Å²) in [6.07, 6.45) is -0.842. The predicted molar refractivity (Wildman–Crippen MR) is 117 cm³/mol. The van der Waals surface area contributed by atoms with Crippen LogP contribution in [0.3, 0.4) is 0 Å². The molecule has 0 spiro atoms. The van der Waals surface area contributed by atoms with Crippen LogP contribution in [0.5, 0.6) is 0 Å². The third-order valence-corrected chi connectivity index (χ3v) is 4.54. The van der Waals surface area contributed by atoms with Gasteiger partial charge in [-0.2, -0.15) is 0 Å². The Kier molecular flexibility index (Phi) is 7.75. The van der Waals surface area contributed by atoms with E-state index >= 15 is 0 Å². The van der Waals surface area contributed by atoms with E-state index in [9.17, 15) is 14.4 Å². The summed E-state index contributed by atoms with van der Waals surface area (Å²) in [5.74, 6) is -0.870. The molecule has 1 N–H and O–H groups in total. The quantitative estimate of drug-likeness (QED) is 0.702. The monoisotopic (exact) mass is 410 g/mol. The molecule has 0 fully saturated rings. The fourth-order valence-electron chi connectivity index (χ4n) is 3.00. The SMILES string of the molecule is CC(=O)Nc1ccc(CC(=O)O[C@@H](C)C(=O)N(Cc2ccccc2)C(C)(C)C)cc1. The Labute approximate surface area is 178 Å². The van der Waals surface area contributed by atoms with Gasteiger partial charge >= 0.3 is 5.97 Å². The van der Waals surface area contributed by atoms with Crippen molar-refractivity contribution in [2.75, 3.05) is 5.32 Å². The first-order valence-electron chi connectivity index (χ1n) is 9.97. The summed E-state index contributed by atoms with van der Waals surface area (Å²) < 4.78 is 5.42. The maximum absolute atomic E-state index is 13.0. The third-order valence-electron chi connectivity index (χ3n) is 4.54. The smallest absolute Gasteiger partial charge is 0.311 e. The standard InChI is InChI=1S/C24H30N2O4/c1-17(23(29)26(24(3,4)5)16-20-9-7-6-8-10-20)30-22(28)15-19-11-13-21(14-12-19)25-18(2)27/h6-14,17H,15-16H2,1-5H3,(H,25,27)/t17-/m0/s1. The largest absolute Gasteiger partial charge is 0.452 e. The Morgan fingerprint density at radius 1 is 0.967 bits per heavy atom. The Hall–Kier alpha value is -3.15. The van der Waals surface area contributed by atoms with Crippen molar-refractivity contribution in [3.8, 4) is 0 Å². The van der Waals surface area contributed by atoms with E-state index in [1.807, 2.05) is 51.1 Å². The fraction of sp³-hybridized carbons (Fsp3) is 0.375. The van der Waals surface area contributed by atoms with Crippen molar-refractivity contribution >= 4 is 23.5 Å². The van der Waals surface area contributed by atoms with E-state index in [2.05, 4.69) is 5.32 Å². The molecule has 0 saturated carbocycles. The highest BCUT2D eigenvalue weighted by Gasteiger charge is 2.31. The van der Waals surface area contributed by atoms with Crippen molar-refractivity contribution in [3.63, 3.8) is 0 Å². The molecule has 0 aliphatic rings. The summed E-state index contributed by atoms with van der Waals surface area (Å²) in [5, 5.41) is 2.67. The summed E-state index contributed by atoms with van der Waals surface area (Å²) in [6, 6.07) is 16.7. The number of esters is 1. The van der Waals surface area contributed by atoms with Crippen LogP contribution in [-0.4, -0.2) is 34.3 Å². The lowest BCUT2D eigenvalue weighted by Gasteiger charge is -2.37. The number of benzene rings is 2. The fourth-order valence-corrected chi connectivity index (χ4v) is 3.00. The predicted octanol–water partition coefficient (Wildman–Crippen LogP) is 3.95. The van der Waals surface area contributed by atoms with Gasteiger partial charge in [0.25, 0.3) is 5.91 Å². The van der Waals surface area contributed by atoms with E-state index in [-0.39, 0.29) is 18.2 Å². The van der Waals surface area contributed by atoms with E-state index in [1.54, 1.807) is 36.1 Å². The van der Waals surface area contributed by atoms with Crippen molar-refractivity contribution in [1.82, 2.24) is 4.90 Å². The van der Waals surface area contributed by atoms with Crippen molar-refractivity contribution in [2.45, 2.75) is 59.2 Å². The minimum atomic E-state index is -0.890. The average Bonchev–Trinajstić information content (AvgIpc) is 2.66. The van der Waals surface area contributed by atoms with Gasteiger partial charge in [0.15, 0.2) is 6.10 Å². The first-order chi connectivity index (χ1) is 14.1. The second-order valence-corrected chi connectivity index (χ2v) is 8.27.